The zero-order valence-corrected chi connectivity index (χ0v) is 11.2. The van der Waals surface area contributed by atoms with E-state index >= 15 is 0 Å². The second-order valence-electron chi connectivity index (χ2n) is 4.73. The molecule has 0 N–H and O–H groups in total. The van der Waals surface area contributed by atoms with Crippen LogP contribution in [0.3, 0.4) is 0 Å². The minimum Gasteiger partial charge on any atom is -0.438 e. The minimum absolute atomic E-state index is 0.221. The molecule has 1 aliphatic heterocycles. The molecule has 2 aromatic carbocycles. The lowest BCUT2D eigenvalue weighted by Crippen LogP contribution is -2.34. The van der Waals surface area contributed by atoms with Crippen molar-refractivity contribution in [1.29, 1.82) is 0 Å². The van der Waals surface area contributed by atoms with Gasteiger partial charge in [0.05, 0.1) is 5.56 Å². The maximum atomic E-state index is 12.2. The van der Waals surface area contributed by atoms with Gasteiger partial charge in [-0.25, -0.2) is 4.79 Å². The number of hydrogen-bond donors (Lipinski definition) is 0. The molecule has 19 heavy (non-hydrogen) atoms. The van der Waals surface area contributed by atoms with Crippen LogP contribution in [-0.4, -0.2) is 24.0 Å². The van der Waals surface area contributed by atoms with Gasteiger partial charge in [-0.1, -0.05) is 44.2 Å². The number of benzene rings is 2. The third kappa shape index (κ3) is 1.81. The molecule has 0 amide bonds. The fourth-order valence-corrected chi connectivity index (χ4v) is 2.80. The van der Waals surface area contributed by atoms with Gasteiger partial charge in [-0.3, -0.25) is 4.90 Å². The Hall–Kier alpha value is -1.87. The van der Waals surface area contributed by atoms with E-state index in [9.17, 15) is 4.79 Å². The number of nitrogens with zero attached hydrogens (tertiary/aromatic N) is 1. The number of cyclic esters (lactones) is 1. The molecule has 0 fully saturated rings. The predicted molar refractivity (Wildman–Crippen MR) is 75.0 cm³/mol. The summed E-state index contributed by atoms with van der Waals surface area (Å²) in [6, 6.07) is 11.9. The molecule has 1 unspecified atom stereocenters. The molecular weight excluding hydrogens is 238 g/mol. The van der Waals surface area contributed by atoms with Crippen LogP contribution >= 0.6 is 0 Å². The highest BCUT2D eigenvalue weighted by atomic mass is 16.6. The first-order valence-corrected chi connectivity index (χ1v) is 6.73. The number of carbonyl (C=O) groups excluding carboxylic acids is 1. The van der Waals surface area contributed by atoms with E-state index in [2.05, 4.69) is 24.8 Å². The molecule has 0 saturated heterocycles. The van der Waals surface area contributed by atoms with Crippen LogP contribution in [0.4, 0.5) is 0 Å². The van der Waals surface area contributed by atoms with E-state index in [1.54, 1.807) is 0 Å². The van der Waals surface area contributed by atoms with Gasteiger partial charge in [0.25, 0.3) is 0 Å². The molecule has 1 heterocycles. The molecule has 3 nitrogen and oxygen atoms in total. The Balaban J connectivity index is 2.25. The van der Waals surface area contributed by atoms with Gasteiger partial charge in [0.2, 0.25) is 0 Å². The van der Waals surface area contributed by atoms with Gasteiger partial charge >= 0.3 is 5.97 Å². The number of rotatable bonds is 3. The molecule has 3 heteroatoms. The van der Waals surface area contributed by atoms with E-state index in [1.807, 2.05) is 30.3 Å². The SMILES string of the molecule is CCN(CC)C1OC(=O)c2cccc3cccc1c23. The first-order valence-electron chi connectivity index (χ1n) is 6.73. The van der Waals surface area contributed by atoms with Crippen molar-refractivity contribution in [3.05, 3.63) is 47.5 Å². The van der Waals surface area contributed by atoms with Crippen LogP contribution in [0, 0.1) is 0 Å². The van der Waals surface area contributed by atoms with Crippen molar-refractivity contribution in [3.8, 4) is 0 Å². The van der Waals surface area contributed by atoms with Gasteiger partial charge in [-0.15, -0.1) is 0 Å². The number of esters is 1. The number of hydrogen-bond acceptors (Lipinski definition) is 3. The lowest BCUT2D eigenvalue weighted by Gasteiger charge is -2.33. The van der Waals surface area contributed by atoms with Crippen molar-refractivity contribution in [2.75, 3.05) is 13.1 Å². The summed E-state index contributed by atoms with van der Waals surface area (Å²) in [5, 5.41) is 2.14. The average Bonchev–Trinajstić information content (AvgIpc) is 2.45. The summed E-state index contributed by atoms with van der Waals surface area (Å²) < 4.78 is 5.63. The second kappa shape index (κ2) is 4.67. The van der Waals surface area contributed by atoms with Crippen molar-refractivity contribution in [1.82, 2.24) is 4.90 Å². The van der Waals surface area contributed by atoms with Crippen molar-refractivity contribution < 1.29 is 9.53 Å². The molecule has 2 aromatic rings. The van der Waals surface area contributed by atoms with E-state index < -0.39 is 0 Å². The molecule has 98 valence electrons. The lowest BCUT2D eigenvalue weighted by molar-refractivity contribution is -0.0326. The van der Waals surface area contributed by atoms with Crippen LogP contribution in [0.2, 0.25) is 0 Å². The lowest BCUT2D eigenvalue weighted by atomic mass is 9.96. The van der Waals surface area contributed by atoms with Gasteiger partial charge in [0.1, 0.15) is 0 Å². The highest BCUT2D eigenvalue weighted by Gasteiger charge is 2.31. The van der Waals surface area contributed by atoms with Crippen LogP contribution in [0.15, 0.2) is 36.4 Å². The molecule has 1 aliphatic rings. The van der Waals surface area contributed by atoms with E-state index in [0.29, 0.717) is 5.56 Å². The Labute approximate surface area is 112 Å². The Morgan fingerprint density at radius 3 is 2.47 bits per heavy atom. The highest BCUT2D eigenvalue weighted by Crippen LogP contribution is 2.36. The van der Waals surface area contributed by atoms with Crippen molar-refractivity contribution >= 4 is 16.7 Å². The predicted octanol–water partition coefficient (Wildman–Crippen LogP) is 3.35. The maximum absolute atomic E-state index is 12.2. The normalized spacial score (nSPS) is 17.8. The molecule has 1 atom stereocenters. The molecule has 0 aliphatic carbocycles. The summed E-state index contributed by atoms with van der Waals surface area (Å²) >= 11 is 0. The van der Waals surface area contributed by atoms with Crippen LogP contribution in [0.25, 0.3) is 10.8 Å². The quantitative estimate of drug-likeness (QED) is 0.788. The van der Waals surface area contributed by atoms with Gasteiger partial charge in [0, 0.05) is 10.9 Å². The summed E-state index contributed by atoms with van der Waals surface area (Å²) in [7, 11) is 0. The van der Waals surface area contributed by atoms with Crippen LogP contribution in [0.5, 0.6) is 0 Å². The number of carbonyl (C=O) groups is 1. The summed E-state index contributed by atoms with van der Waals surface area (Å²) in [5.74, 6) is -0.221. The van der Waals surface area contributed by atoms with Gasteiger partial charge in [-0.05, 0) is 24.5 Å². The zero-order chi connectivity index (χ0) is 13.4. The Bertz CT molecular complexity index is 626. The molecule has 3 rings (SSSR count). The van der Waals surface area contributed by atoms with Crippen LogP contribution < -0.4 is 0 Å². The smallest absolute Gasteiger partial charge is 0.340 e. The van der Waals surface area contributed by atoms with Gasteiger partial charge < -0.3 is 4.74 Å². The Morgan fingerprint density at radius 1 is 1.11 bits per heavy atom. The topological polar surface area (TPSA) is 29.5 Å². The minimum atomic E-state index is -0.263. The largest absolute Gasteiger partial charge is 0.438 e. The molecular formula is C16H17NO2. The first kappa shape index (κ1) is 12.2. The summed E-state index contributed by atoms with van der Waals surface area (Å²) in [5.41, 5.74) is 1.77. The summed E-state index contributed by atoms with van der Waals surface area (Å²) in [4.78, 5) is 14.3. The van der Waals surface area contributed by atoms with Crippen LogP contribution in [0.1, 0.15) is 36.0 Å². The van der Waals surface area contributed by atoms with Crippen molar-refractivity contribution in [3.63, 3.8) is 0 Å². The summed E-state index contributed by atoms with van der Waals surface area (Å²) in [6.45, 7) is 5.87. The monoisotopic (exact) mass is 255 g/mol. The van der Waals surface area contributed by atoms with Gasteiger partial charge in [0.15, 0.2) is 6.23 Å². The molecule has 0 radical (unpaired) electrons. The fraction of sp³-hybridized carbons (Fsp3) is 0.312. The Morgan fingerprint density at radius 2 is 1.79 bits per heavy atom. The van der Waals surface area contributed by atoms with Crippen molar-refractivity contribution in [2.24, 2.45) is 0 Å². The molecule has 0 saturated carbocycles. The third-order valence-electron chi connectivity index (χ3n) is 3.79. The van der Waals surface area contributed by atoms with E-state index in [4.69, 9.17) is 4.74 Å². The van der Waals surface area contributed by atoms with Gasteiger partial charge in [-0.2, -0.15) is 0 Å². The Kier molecular flexibility index (Phi) is 2.99. The first-order chi connectivity index (χ1) is 9.26. The second-order valence-corrected chi connectivity index (χ2v) is 4.73. The molecule has 0 bridgehead atoms. The molecule has 0 spiro atoms. The third-order valence-corrected chi connectivity index (χ3v) is 3.79. The van der Waals surface area contributed by atoms with Crippen LogP contribution in [-0.2, 0) is 4.74 Å². The fourth-order valence-electron chi connectivity index (χ4n) is 2.80. The zero-order valence-electron chi connectivity index (χ0n) is 11.2. The average molecular weight is 255 g/mol. The summed E-state index contributed by atoms with van der Waals surface area (Å²) in [6.07, 6.45) is -0.263. The molecule has 0 aromatic heterocycles. The maximum Gasteiger partial charge on any atom is 0.340 e. The number of ether oxygens (including phenoxy) is 1. The van der Waals surface area contributed by atoms with Crippen molar-refractivity contribution in [2.45, 2.75) is 20.1 Å². The van der Waals surface area contributed by atoms with E-state index in [1.165, 1.54) is 0 Å². The standard InChI is InChI=1S/C16H17NO2/c1-3-17(4-2)15-12-9-5-7-11-8-6-10-13(14(11)12)16(18)19-15/h5-10,15H,3-4H2,1-2H3. The van der Waals surface area contributed by atoms with E-state index in [-0.39, 0.29) is 12.2 Å². The van der Waals surface area contributed by atoms with E-state index in [0.717, 1.165) is 29.4 Å². The highest BCUT2D eigenvalue weighted by molar-refractivity contribution is 6.07.